The monoisotopic (exact) mass is 439 g/mol. The first-order chi connectivity index (χ1) is 15.2. The van der Waals surface area contributed by atoms with Gasteiger partial charge in [0.05, 0.1) is 12.2 Å². The van der Waals surface area contributed by atoms with Gasteiger partial charge < -0.3 is 10.2 Å². The summed E-state index contributed by atoms with van der Waals surface area (Å²) in [4.78, 5) is 2.58. The number of hydrogen-bond donors (Lipinski definition) is 2. The zero-order valence-electron chi connectivity index (χ0n) is 20.9. The van der Waals surface area contributed by atoms with Crippen LogP contribution in [0, 0.1) is 24.7 Å². The highest BCUT2D eigenvalue weighted by Crippen LogP contribution is 2.48. The molecule has 1 aromatic rings. The molecule has 2 N–H and O–H groups in total. The van der Waals surface area contributed by atoms with Crippen LogP contribution in [0.15, 0.2) is 48.1 Å². The summed E-state index contributed by atoms with van der Waals surface area (Å²) >= 11 is 0. The van der Waals surface area contributed by atoms with Gasteiger partial charge in [0.1, 0.15) is 0 Å². The van der Waals surface area contributed by atoms with Crippen LogP contribution in [0.2, 0.25) is 0 Å². The third-order valence-corrected chi connectivity index (χ3v) is 7.52. The van der Waals surface area contributed by atoms with Gasteiger partial charge in [0, 0.05) is 24.4 Å². The second-order valence-corrected chi connectivity index (χ2v) is 10.8. The molecule has 3 nitrogen and oxygen atoms in total. The minimum Gasteiger partial charge on any atom is -0.392 e. The Morgan fingerprint density at radius 2 is 1.88 bits per heavy atom. The topological polar surface area (TPSA) is 43.7 Å². The molecular weight excluding hydrogens is 394 g/mol. The molecule has 0 saturated heterocycles. The van der Waals surface area contributed by atoms with E-state index in [9.17, 15) is 10.2 Å². The number of fused-ring (bicyclic) bond motifs is 1. The summed E-state index contributed by atoms with van der Waals surface area (Å²) in [6, 6.07) is 9.54. The maximum Gasteiger partial charge on any atom is 0.0761 e. The molecule has 0 radical (unpaired) electrons. The Morgan fingerprint density at radius 3 is 2.56 bits per heavy atom. The van der Waals surface area contributed by atoms with Crippen LogP contribution in [0.5, 0.6) is 0 Å². The summed E-state index contributed by atoms with van der Waals surface area (Å²) in [6.45, 7) is 12.4. The predicted octanol–water partition coefficient (Wildman–Crippen LogP) is 5.69. The third kappa shape index (κ3) is 6.79. The number of aryl methyl sites for hydroxylation is 1. The molecule has 1 aromatic carbocycles. The molecule has 2 aliphatic rings. The summed E-state index contributed by atoms with van der Waals surface area (Å²) in [6.07, 6.45) is 12.0. The fraction of sp³-hybridized carbons (Fsp3) is 0.655. The molecule has 0 heterocycles. The first-order valence-corrected chi connectivity index (χ1v) is 12.8. The average molecular weight is 440 g/mol. The van der Waals surface area contributed by atoms with Gasteiger partial charge >= 0.3 is 0 Å². The summed E-state index contributed by atoms with van der Waals surface area (Å²) in [5.74, 6) is 1.18. The second-order valence-electron chi connectivity index (χ2n) is 10.8. The lowest BCUT2D eigenvalue weighted by molar-refractivity contribution is 0.140. The number of benzene rings is 1. The summed E-state index contributed by atoms with van der Waals surface area (Å²) < 4.78 is 0. The van der Waals surface area contributed by atoms with Crippen molar-refractivity contribution in [2.75, 3.05) is 6.54 Å². The molecule has 178 valence electrons. The largest absolute Gasteiger partial charge is 0.392 e. The van der Waals surface area contributed by atoms with Gasteiger partial charge in [0.25, 0.3) is 0 Å². The van der Waals surface area contributed by atoms with Crippen molar-refractivity contribution in [1.82, 2.24) is 4.90 Å². The molecule has 3 rings (SSSR count). The molecule has 5 atom stereocenters. The molecule has 2 aliphatic carbocycles. The summed E-state index contributed by atoms with van der Waals surface area (Å²) in [5.41, 5.74) is 3.97. The van der Waals surface area contributed by atoms with Gasteiger partial charge in [-0.3, -0.25) is 4.90 Å². The van der Waals surface area contributed by atoms with Crippen LogP contribution in [0.25, 0.3) is 0 Å². The van der Waals surface area contributed by atoms with Crippen LogP contribution in [0.3, 0.4) is 0 Å². The highest BCUT2D eigenvalue weighted by molar-refractivity contribution is 5.24. The minimum atomic E-state index is -0.498. The standard InChI is InChI=1S/C29H45NO2/c1-20(2)30(21(3)4)14-7-6-10-24-16-25-19-29(32)27(28(25)18-24)13-12-26(31)17-23-11-8-9-22(5)15-23/h8-9,11-13,15-16,20-21,25-29,31-32H,6-7,10,14,17-19H2,1-5H3/t25-,26-,27+,28-,29+/m0/s1. The SMILES string of the molecule is Cc1cccc(C[C@@H](O)C=C[C@@H]2[C@H]3CC(CCCCN(C(C)C)C(C)C)=C[C@H]3C[C@H]2O)c1. The Morgan fingerprint density at radius 1 is 1.12 bits per heavy atom. The van der Waals surface area contributed by atoms with E-state index in [4.69, 9.17) is 0 Å². The lowest BCUT2D eigenvalue weighted by atomic mass is 9.88. The average Bonchev–Trinajstić information content (AvgIpc) is 3.22. The molecular formula is C29H45NO2. The molecule has 0 spiro atoms. The molecule has 1 fully saturated rings. The van der Waals surface area contributed by atoms with E-state index in [0.29, 0.717) is 30.3 Å². The molecule has 0 aliphatic heterocycles. The van der Waals surface area contributed by atoms with Crippen molar-refractivity contribution in [2.45, 2.75) is 97.4 Å². The number of allylic oxidation sites excluding steroid dienone is 2. The Bertz CT molecular complexity index is 773. The van der Waals surface area contributed by atoms with Crippen molar-refractivity contribution < 1.29 is 10.2 Å². The van der Waals surface area contributed by atoms with Gasteiger partial charge in [-0.15, -0.1) is 0 Å². The van der Waals surface area contributed by atoms with E-state index < -0.39 is 6.10 Å². The van der Waals surface area contributed by atoms with E-state index in [2.05, 4.69) is 69.9 Å². The highest BCUT2D eigenvalue weighted by atomic mass is 16.3. The van der Waals surface area contributed by atoms with Gasteiger partial charge in [0.2, 0.25) is 0 Å². The zero-order chi connectivity index (χ0) is 23.3. The van der Waals surface area contributed by atoms with Crippen molar-refractivity contribution in [3.63, 3.8) is 0 Å². The van der Waals surface area contributed by atoms with Crippen molar-refractivity contribution in [2.24, 2.45) is 17.8 Å². The van der Waals surface area contributed by atoms with Gasteiger partial charge in [0.15, 0.2) is 0 Å². The Hall–Kier alpha value is -1.42. The third-order valence-electron chi connectivity index (χ3n) is 7.52. The van der Waals surface area contributed by atoms with Crippen molar-refractivity contribution in [3.05, 3.63) is 59.2 Å². The van der Waals surface area contributed by atoms with Crippen LogP contribution in [-0.2, 0) is 6.42 Å². The predicted molar refractivity (Wildman–Crippen MR) is 135 cm³/mol. The van der Waals surface area contributed by atoms with E-state index in [-0.39, 0.29) is 12.0 Å². The van der Waals surface area contributed by atoms with E-state index in [0.717, 1.165) is 18.4 Å². The van der Waals surface area contributed by atoms with Crippen LogP contribution in [0.4, 0.5) is 0 Å². The number of nitrogens with zero attached hydrogens (tertiary/aromatic N) is 1. The van der Waals surface area contributed by atoms with Gasteiger partial charge in [-0.25, -0.2) is 0 Å². The van der Waals surface area contributed by atoms with Crippen LogP contribution < -0.4 is 0 Å². The first kappa shape index (κ1) is 25.2. The Labute approximate surface area is 196 Å². The maximum absolute atomic E-state index is 10.6. The van der Waals surface area contributed by atoms with Gasteiger partial charge in [-0.2, -0.15) is 0 Å². The quantitative estimate of drug-likeness (QED) is 0.344. The molecule has 1 saturated carbocycles. The molecule has 0 amide bonds. The normalized spacial score (nSPS) is 26.5. The Balaban J connectivity index is 1.46. The number of hydrogen-bond acceptors (Lipinski definition) is 3. The smallest absolute Gasteiger partial charge is 0.0761 e. The van der Waals surface area contributed by atoms with Crippen molar-refractivity contribution in [3.8, 4) is 0 Å². The van der Waals surface area contributed by atoms with Gasteiger partial charge in [-0.05, 0) is 90.7 Å². The van der Waals surface area contributed by atoms with Crippen LogP contribution in [0.1, 0.15) is 70.9 Å². The number of rotatable bonds is 11. The van der Waals surface area contributed by atoms with Crippen LogP contribution >= 0.6 is 0 Å². The molecule has 0 bridgehead atoms. The second kappa shape index (κ2) is 11.6. The lowest BCUT2D eigenvalue weighted by Crippen LogP contribution is -2.37. The van der Waals surface area contributed by atoms with Crippen LogP contribution in [-0.4, -0.2) is 45.9 Å². The molecule has 0 aromatic heterocycles. The van der Waals surface area contributed by atoms with E-state index in [1.54, 1.807) is 5.57 Å². The number of unbranched alkanes of at least 4 members (excludes halogenated alkanes) is 1. The van der Waals surface area contributed by atoms with E-state index >= 15 is 0 Å². The van der Waals surface area contributed by atoms with Crippen molar-refractivity contribution in [1.29, 1.82) is 0 Å². The number of aliphatic hydroxyl groups excluding tert-OH is 2. The van der Waals surface area contributed by atoms with Crippen molar-refractivity contribution >= 4 is 0 Å². The fourth-order valence-electron chi connectivity index (χ4n) is 5.95. The summed E-state index contributed by atoms with van der Waals surface area (Å²) in [7, 11) is 0. The lowest BCUT2D eigenvalue weighted by Gasteiger charge is -2.30. The van der Waals surface area contributed by atoms with E-state index in [1.807, 2.05) is 12.1 Å². The highest BCUT2D eigenvalue weighted by Gasteiger charge is 2.43. The first-order valence-electron chi connectivity index (χ1n) is 12.8. The number of aliphatic hydroxyl groups is 2. The van der Waals surface area contributed by atoms with E-state index in [1.165, 1.54) is 31.4 Å². The summed E-state index contributed by atoms with van der Waals surface area (Å²) in [5, 5.41) is 21.1. The fourth-order valence-corrected chi connectivity index (χ4v) is 5.95. The maximum atomic E-state index is 10.6. The minimum absolute atomic E-state index is 0.165. The molecule has 32 heavy (non-hydrogen) atoms. The molecule has 0 unspecified atom stereocenters. The Kier molecular flexibility index (Phi) is 9.16. The van der Waals surface area contributed by atoms with Gasteiger partial charge in [-0.1, -0.05) is 53.6 Å². The zero-order valence-corrected chi connectivity index (χ0v) is 20.9. The molecule has 3 heteroatoms.